The number of sulfonamides is 1. The van der Waals surface area contributed by atoms with Gasteiger partial charge in [0.15, 0.2) is 0 Å². The van der Waals surface area contributed by atoms with Gasteiger partial charge in [0.1, 0.15) is 0 Å². The smallest absolute Gasteiger partial charge is 0.262 e. The predicted molar refractivity (Wildman–Crippen MR) is 72.9 cm³/mol. The summed E-state index contributed by atoms with van der Waals surface area (Å²) in [5, 5.41) is 0. The Kier molecular flexibility index (Phi) is 3.39. The standard InChI is InChI=1S/C14H14NO2S/c1-11-7-9-13(10-8-11)15-18(16,17)14-6-4-3-5-12(14)2/h3-10,15H,1H2,2H3. The highest BCUT2D eigenvalue weighted by molar-refractivity contribution is 7.92. The highest BCUT2D eigenvalue weighted by Crippen LogP contribution is 2.19. The minimum absolute atomic E-state index is 0.295. The second-order valence-corrected chi connectivity index (χ2v) is 5.72. The summed E-state index contributed by atoms with van der Waals surface area (Å²) in [5.74, 6) is 0. The third-order valence-electron chi connectivity index (χ3n) is 2.59. The average molecular weight is 260 g/mol. The Hall–Kier alpha value is -1.81. The van der Waals surface area contributed by atoms with Crippen molar-refractivity contribution in [2.75, 3.05) is 4.72 Å². The summed E-state index contributed by atoms with van der Waals surface area (Å²) in [4.78, 5) is 0.295. The fraction of sp³-hybridized carbons (Fsp3) is 0.0714. The van der Waals surface area contributed by atoms with Gasteiger partial charge in [-0.1, -0.05) is 30.3 Å². The van der Waals surface area contributed by atoms with Crippen LogP contribution in [0.1, 0.15) is 11.1 Å². The van der Waals surface area contributed by atoms with Gasteiger partial charge in [0.2, 0.25) is 0 Å². The summed E-state index contributed by atoms with van der Waals surface area (Å²) >= 11 is 0. The lowest BCUT2D eigenvalue weighted by atomic mass is 10.2. The lowest BCUT2D eigenvalue weighted by Gasteiger charge is -2.10. The number of benzene rings is 2. The highest BCUT2D eigenvalue weighted by Gasteiger charge is 2.15. The van der Waals surface area contributed by atoms with Crippen LogP contribution in [0.25, 0.3) is 0 Å². The first kappa shape index (κ1) is 12.6. The molecule has 0 saturated carbocycles. The van der Waals surface area contributed by atoms with E-state index in [0.29, 0.717) is 10.6 Å². The quantitative estimate of drug-likeness (QED) is 0.922. The van der Waals surface area contributed by atoms with Crippen molar-refractivity contribution in [3.63, 3.8) is 0 Å². The maximum Gasteiger partial charge on any atom is 0.262 e. The van der Waals surface area contributed by atoms with Gasteiger partial charge in [-0.15, -0.1) is 0 Å². The Morgan fingerprint density at radius 1 is 1.00 bits per heavy atom. The Balaban J connectivity index is 2.33. The molecule has 0 bridgehead atoms. The minimum atomic E-state index is -3.53. The largest absolute Gasteiger partial charge is 0.280 e. The molecule has 0 unspecified atom stereocenters. The van der Waals surface area contributed by atoms with E-state index in [2.05, 4.69) is 11.6 Å². The molecule has 0 spiro atoms. The molecule has 1 N–H and O–H groups in total. The van der Waals surface area contributed by atoms with Crippen molar-refractivity contribution in [2.45, 2.75) is 11.8 Å². The minimum Gasteiger partial charge on any atom is -0.280 e. The molecule has 0 heterocycles. The Labute approximate surface area is 108 Å². The van der Waals surface area contributed by atoms with Crippen LogP contribution in [-0.4, -0.2) is 8.42 Å². The fourth-order valence-corrected chi connectivity index (χ4v) is 2.95. The molecule has 2 aromatic carbocycles. The SMILES string of the molecule is [CH2]c1ccc(NS(=O)(=O)c2ccccc2C)cc1. The van der Waals surface area contributed by atoms with Crippen molar-refractivity contribution in [1.29, 1.82) is 0 Å². The van der Waals surface area contributed by atoms with Crippen LogP contribution in [0.2, 0.25) is 0 Å². The maximum atomic E-state index is 12.2. The van der Waals surface area contributed by atoms with Gasteiger partial charge in [-0.3, -0.25) is 4.72 Å². The summed E-state index contributed by atoms with van der Waals surface area (Å²) in [5.41, 5.74) is 2.10. The van der Waals surface area contributed by atoms with E-state index in [-0.39, 0.29) is 0 Å². The van der Waals surface area contributed by atoms with Crippen LogP contribution in [0.5, 0.6) is 0 Å². The zero-order chi connectivity index (χ0) is 13.2. The van der Waals surface area contributed by atoms with Crippen LogP contribution in [0.3, 0.4) is 0 Å². The van der Waals surface area contributed by atoms with Crippen LogP contribution in [0.4, 0.5) is 5.69 Å². The fourth-order valence-electron chi connectivity index (χ4n) is 1.64. The van der Waals surface area contributed by atoms with Gasteiger partial charge in [0.25, 0.3) is 10.0 Å². The van der Waals surface area contributed by atoms with E-state index >= 15 is 0 Å². The van der Waals surface area contributed by atoms with Gasteiger partial charge in [-0.25, -0.2) is 8.42 Å². The van der Waals surface area contributed by atoms with Gasteiger partial charge in [0, 0.05) is 5.69 Å². The summed E-state index contributed by atoms with van der Waals surface area (Å²) in [6.45, 7) is 5.52. The monoisotopic (exact) mass is 260 g/mol. The van der Waals surface area contributed by atoms with Gasteiger partial charge >= 0.3 is 0 Å². The molecule has 0 amide bonds. The molecule has 0 aliphatic heterocycles. The van der Waals surface area contributed by atoms with Crippen molar-refractivity contribution >= 4 is 15.7 Å². The zero-order valence-corrected chi connectivity index (χ0v) is 10.9. The predicted octanol–water partition coefficient (Wildman–Crippen LogP) is 2.98. The molecule has 0 saturated heterocycles. The number of anilines is 1. The molecule has 0 fully saturated rings. The van der Waals surface area contributed by atoms with Crippen LogP contribution in [0, 0.1) is 13.8 Å². The van der Waals surface area contributed by atoms with Crippen LogP contribution >= 0.6 is 0 Å². The molecule has 0 aromatic heterocycles. The molecular weight excluding hydrogens is 246 g/mol. The van der Waals surface area contributed by atoms with Crippen LogP contribution in [-0.2, 0) is 10.0 Å². The van der Waals surface area contributed by atoms with E-state index in [0.717, 1.165) is 11.1 Å². The normalized spacial score (nSPS) is 11.2. The first-order chi connectivity index (χ1) is 8.49. The van der Waals surface area contributed by atoms with Crippen LogP contribution in [0.15, 0.2) is 53.4 Å². The second-order valence-electron chi connectivity index (χ2n) is 4.07. The Bertz CT molecular complexity index is 646. The van der Waals surface area contributed by atoms with Crippen molar-refractivity contribution in [3.05, 3.63) is 66.6 Å². The van der Waals surface area contributed by atoms with Crippen molar-refractivity contribution in [1.82, 2.24) is 0 Å². The molecule has 18 heavy (non-hydrogen) atoms. The van der Waals surface area contributed by atoms with Crippen molar-refractivity contribution < 1.29 is 8.42 Å². The second kappa shape index (κ2) is 4.82. The Morgan fingerprint density at radius 2 is 1.61 bits per heavy atom. The van der Waals surface area contributed by atoms with Crippen molar-refractivity contribution in [3.8, 4) is 0 Å². The third-order valence-corrected chi connectivity index (χ3v) is 4.13. The zero-order valence-electron chi connectivity index (χ0n) is 10.1. The van der Waals surface area contributed by atoms with Gasteiger partial charge in [-0.2, -0.15) is 0 Å². The molecule has 0 aliphatic rings. The van der Waals surface area contributed by atoms with Gasteiger partial charge in [0.05, 0.1) is 4.90 Å². The van der Waals surface area contributed by atoms with E-state index in [9.17, 15) is 8.42 Å². The molecule has 4 heteroatoms. The lowest BCUT2D eigenvalue weighted by Crippen LogP contribution is -2.14. The van der Waals surface area contributed by atoms with Gasteiger partial charge < -0.3 is 0 Å². The van der Waals surface area contributed by atoms with E-state index in [1.54, 1.807) is 49.4 Å². The van der Waals surface area contributed by atoms with Gasteiger partial charge in [-0.05, 0) is 43.2 Å². The Morgan fingerprint density at radius 3 is 2.22 bits per heavy atom. The number of hydrogen-bond donors (Lipinski definition) is 1. The molecule has 1 radical (unpaired) electrons. The van der Waals surface area contributed by atoms with Crippen LogP contribution < -0.4 is 4.72 Å². The molecule has 2 aromatic rings. The van der Waals surface area contributed by atoms with E-state index < -0.39 is 10.0 Å². The first-order valence-electron chi connectivity index (χ1n) is 5.49. The lowest BCUT2D eigenvalue weighted by molar-refractivity contribution is 0.600. The summed E-state index contributed by atoms with van der Waals surface area (Å²) in [6, 6.07) is 13.8. The van der Waals surface area contributed by atoms with E-state index in [1.807, 2.05) is 6.07 Å². The topological polar surface area (TPSA) is 46.2 Å². The third kappa shape index (κ3) is 2.71. The van der Waals surface area contributed by atoms with E-state index in [1.165, 1.54) is 0 Å². The summed E-state index contributed by atoms with van der Waals surface area (Å²) < 4.78 is 26.9. The molecule has 0 atom stereocenters. The first-order valence-corrected chi connectivity index (χ1v) is 6.98. The average Bonchev–Trinajstić information content (AvgIpc) is 2.32. The molecule has 3 nitrogen and oxygen atoms in total. The summed E-state index contributed by atoms with van der Waals surface area (Å²) in [7, 11) is -3.53. The van der Waals surface area contributed by atoms with E-state index in [4.69, 9.17) is 0 Å². The number of rotatable bonds is 3. The molecular formula is C14H14NO2S. The molecule has 2 rings (SSSR count). The van der Waals surface area contributed by atoms with Crippen molar-refractivity contribution in [2.24, 2.45) is 0 Å². The summed E-state index contributed by atoms with van der Waals surface area (Å²) in [6.07, 6.45) is 0. The number of hydrogen-bond acceptors (Lipinski definition) is 2. The highest BCUT2D eigenvalue weighted by atomic mass is 32.2. The maximum absolute atomic E-state index is 12.2. The molecule has 0 aliphatic carbocycles. The number of nitrogens with one attached hydrogen (secondary N) is 1. The number of aryl methyl sites for hydroxylation is 1. The molecule has 93 valence electrons.